The lowest BCUT2D eigenvalue weighted by Gasteiger charge is -2.52. The summed E-state index contributed by atoms with van der Waals surface area (Å²) in [6.45, 7) is 3.42. The minimum absolute atomic E-state index is 0.0436. The van der Waals surface area contributed by atoms with Crippen molar-refractivity contribution in [3.05, 3.63) is 23.9 Å². The number of pyridine rings is 1. The third-order valence-electron chi connectivity index (χ3n) is 4.33. The van der Waals surface area contributed by atoms with E-state index < -0.39 is 5.97 Å². The second-order valence-electron chi connectivity index (χ2n) is 5.50. The molecule has 0 bridgehead atoms. The van der Waals surface area contributed by atoms with Gasteiger partial charge in [-0.25, -0.2) is 9.78 Å². The molecule has 0 radical (unpaired) electrons. The molecule has 1 saturated heterocycles. The molecule has 0 unspecified atom stereocenters. The average molecular weight is 292 g/mol. The zero-order chi connectivity index (χ0) is 14.9. The summed E-state index contributed by atoms with van der Waals surface area (Å²) < 4.78 is 11.7. The molecule has 1 aromatic heterocycles. The van der Waals surface area contributed by atoms with Gasteiger partial charge in [-0.15, -0.1) is 0 Å². The van der Waals surface area contributed by atoms with Crippen molar-refractivity contribution in [2.75, 3.05) is 18.5 Å². The Hall–Kier alpha value is -1.66. The molecule has 6 heteroatoms. The molecular weight excluding hydrogens is 272 g/mol. The number of carboxylic acids is 1. The molecule has 3 rings (SSSR count). The number of aromatic nitrogens is 1. The molecule has 2 fully saturated rings. The van der Waals surface area contributed by atoms with Crippen molar-refractivity contribution in [3.8, 4) is 0 Å². The van der Waals surface area contributed by atoms with E-state index >= 15 is 0 Å². The van der Waals surface area contributed by atoms with Crippen molar-refractivity contribution in [1.29, 1.82) is 0 Å². The Morgan fingerprint density at radius 2 is 2.48 bits per heavy atom. The summed E-state index contributed by atoms with van der Waals surface area (Å²) in [7, 11) is 0. The third kappa shape index (κ3) is 2.49. The fourth-order valence-corrected chi connectivity index (χ4v) is 3.29. The van der Waals surface area contributed by atoms with Crippen molar-refractivity contribution < 1.29 is 19.4 Å². The zero-order valence-corrected chi connectivity index (χ0v) is 12.0. The Morgan fingerprint density at radius 1 is 1.62 bits per heavy atom. The van der Waals surface area contributed by atoms with Crippen molar-refractivity contribution in [1.82, 2.24) is 4.98 Å². The fraction of sp³-hybridized carbons (Fsp3) is 0.600. The minimum atomic E-state index is -1.02. The van der Waals surface area contributed by atoms with Gasteiger partial charge in [0.15, 0.2) is 5.69 Å². The van der Waals surface area contributed by atoms with Gasteiger partial charge in [0.1, 0.15) is 11.4 Å². The van der Waals surface area contributed by atoms with E-state index in [4.69, 9.17) is 14.6 Å². The van der Waals surface area contributed by atoms with E-state index in [1.807, 2.05) is 6.92 Å². The summed E-state index contributed by atoms with van der Waals surface area (Å²) in [6, 6.07) is 5.08. The highest BCUT2D eigenvalue weighted by Crippen LogP contribution is 2.46. The van der Waals surface area contributed by atoms with Crippen molar-refractivity contribution in [2.45, 2.75) is 43.9 Å². The maximum atomic E-state index is 11.0. The first-order chi connectivity index (χ1) is 10.2. The number of nitrogens with one attached hydrogen (secondary N) is 1. The van der Waals surface area contributed by atoms with Crippen LogP contribution in [0.3, 0.4) is 0 Å². The monoisotopic (exact) mass is 292 g/mol. The number of rotatable bonds is 5. The van der Waals surface area contributed by atoms with Crippen molar-refractivity contribution >= 4 is 11.8 Å². The van der Waals surface area contributed by atoms with Gasteiger partial charge in [-0.05, 0) is 38.3 Å². The maximum absolute atomic E-state index is 11.0. The SMILES string of the molecule is CCO[C@@H]1C[C@H](Nc2cccc(C(=O)O)n2)[C@@]12CCCO2. The van der Waals surface area contributed by atoms with E-state index in [1.54, 1.807) is 12.1 Å². The molecule has 1 aliphatic heterocycles. The van der Waals surface area contributed by atoms with Crippen LogP contribution in [-0.2, 0) is 9.47 Å². The van der Waals surface area contributed by atoms with Crippen LogP contribution < -0.4 is 5.32 Å². The molecule has 1 aromatic rings. The summed E-state index contributed by atoms with van der Waals surface area (Å²) in [5.41, 5.74) is -0.237. The molecule has 0 amide bonds. The van der Waals surface area contributed by atoms with Gasteiger partial charge in [0.2, 0.25) is 0 Å². The van der Waals surface area contributed by atoms with Crippen LogP contribution in [0.15, 0.2) is 18.2 Å². The topological polar surface area (TPSA) is 80.7 Å². The number of carboxylic acid groups (broad SMARTS) is 1. The highest BCUT2D eigenvalue weighted by molar-refractivity contribution is 5.85. The van der Waals surface area contributed by atoms with Gasteiger partial charge in [0.25, 0.3) is 0 Å². The third-order valence-corrected chi connectivity index (χ3v) is 4.33. The fourth-order valence-electron chi connectivity index (χ4n) is 3.29. The van der Waals surface area contributed by atoms with Crippen LogP contribution in [0.1, 0.15) is 36.7 Å². The molecular formula is C15H20N2O4. The van der Waals surface area contributed by atoms with Gasteiger partial charge in [-0.2, -0.15) is 0 Å². The van der Waals surface area contributed by atoms with Crippen LogP contribution in [-0.4, -0.2) is 47.0 Å². The zero-order valence-electron chi connectivity index (χ0n) is 12.0. The number of aromatic carboxylic acids is 1. The molecule has 114 valence electrons. The minimum Gasteiger partial charge on any atom is -0.477 e. The predicted octanol–water partition coefficient (Wildman–Crippen LogP) is 1.92. The smallest absolute Gasteiger partial charge is 0.354 e. The molecule has 2 N–H and O–H groups in total. The normalized spacial score (nSPS) is 31.1. The van der Waals surface area contributed by atoms with E-state index in [9.17, 15) is 4.79 Å². The van der Waals surface area contributed by atoms with E-state index in [0.29, 0.717) is 12.4 Å². The molecule has 1 spiro atoms. The number of hydrogen-bond acceptors (Lipinski definition) is 5. The van der Waals surface area contributed by atoms with Crippen LogP contribution in [0.5, 0.6) is 0 Å². The van der Waals surface area contributed by atoms with Crippen LogP contribution >= 0.6 is 0 Å². The number of ether oxygens (including phenoxy) is 2. The molecule has 2 heterocycles. The largest absolute Gasteiger partial charge is 0.477 e. The molecule has 2 aliphatic rings. The first kappa shape index (κ1) is 14.3. The van der Waals surface area contributed by atoms with Gasteiger partial charge < -0.3 is 19.9 Å². The molecule has 3 atom stereocenters. The summed E-state index contributed by atoms with van der Waals surface area (Å²) in [5, 5.41) is 12.3. The highest BCUT2D eigenvalue weighted by atomic mass is 16.6. The Bertz CT molecular complexity index is 528. The number of nitrogens with zero attached hydrogens (tertiary/aromatic N) is 1. The Labute approximate surface area is 123 Å². The van der Waals surface area contributed by atoms with Gasteiger partial charge in [0.05, 0.1) is 12.1 Å². The lowest BCUT2D eigenvalue weighted by Crippen LogP contribution is -2.66. The van der Waals surface area contributed by atoms with Gasteiger partial charge >= 0.3 is 5.97 Å². The van der Waals surface area contributed by atoms with Crippen molar-refractivity contribution in [3.63, 3.8) is 0 Å². The lowest BCUT2D eigenvalue weighted by atomic mass is 9.70. The van der Waals surface area contributed by atoms with Crippen molar-refractivity contribution in [2.24, 2.45) is 0 Å². The van der Waals surface area contributed by atoms with Gasteiger partial charge in [-0.3, -0.25) is 0 Å². The number of anilines is 1. The summed E-state index contributed by atoms with van der Waals surface area (Å²) in [5.74, 6) is -0.448. The van der Waals surface area contributed by atoms with Crippen LogP contribution in [0.2, 0.25) is 0 Å². The van der Waals surface area contributed by atoms with E-state index in [2.05, 4.69) is 10.3 Å². The Morgan fingerprint density at radius 3 is 3.14 bits per heavy atom. The number of carbonyl (C=O) groups is 1. The van der Waals surface area contributed by atoms with Gasteiger partial charge in [-0.1, -0.05) is 6.07 Å². The first-order valence-electron chi connectivity index (χ1n) is 7.38. The second kappa shape index (κ2) is 5.61. The quantitative estimate of drug-likeness (QED) is 0.863. The first-order valence-corrected chi connectivity index (χ1v) is 7.38. The van der Waals surface area contributed by atoms with Crippen LogP contribution in [0, 0.1) is 0 Å². The Balaban J connectivity index is 1.73. The standard InChI is InChI=1S/C15H20N2O4/c1-2-20-12-9-11(15(12)7-4-8-21-15)17-13-6-3-5-10(16-13)14(18)19/h3,5-6,11-12H,2,4,7-9H2,1H3,(H,16,17)(H,18,19)/t11-,12+,15-/m0/s1. The summed E-state index contributed by atoms with van der Waals surface area (Å²) >= 11 is 0. The second-order valence-corrected chi connectivity index (χ2v) is 5.50. The maximum Gasteiger partial charge on any atom is 0.354 e. The van der Waals surface area contributed by atoms with E-state index in [1.165, 1.54) is 6.07 Å². The average Bonchev–Trinajstić information content (AvgIpc) is 2.99. The molecule has 6 nitrogen and oxygen atoms in total. The lowest BCUT2D eigenvalue weighted by molar-refractivity contribution is -0.184. The Kier molecular flexibility index (Phi) is 3.82. The van der Waals surface area contributed by atoms with E-state index in [-0.39, 0.29) is 23.4 Å². The predicted molar refractivity (Wildman–Crippen MR) is 76.6 cm³/mol. The summed E-state index contributed by atoms with van der Waals surface area (Å²) in [6.07, 6.45) is 2.97. The van der Waals surface area contributed by atoms with Crippen LogP contribution in [0.4, 0.5) is 5.82 Å². The van der Waals surface area contributed by atoms with Gasteiger partial charge in [0, 0.05) is 13.2 Å². The molecule has 0 aromatic carbocycles. The van der Waals surface area contributed by atoms with Crippen LogP contribution in [0.25, 0.3) is 0 Å². The molecule has 21 heavy (non-hydrogen) atoms. The molecule has 1 aliphatic carbocycles. The highest BCUT2D eigenvalue weighted by Gasteiger charge is 2.58. The molecule has 1 saturated carbocycles. The number of hydrogen-bond donors (Lipinski definition) is 2. The van der Waals surface area contributed by atoms with E-state index in [0.717, 1.165) is 25.9 Å². The summed E-state index contributed by atoms with van der Waals surface area (Å²) in [4.78, 5) is 15.1.